The molecular weight excluding hydrogens is 548 g/mol. The van der Waals surface area contributed by atoms with Crippen molar-refractivity contribution in [3.05, 3.63) is 118 Å². The van der Waals surface area contributed by atoms with Gasteiger partial charge in [0.25, 0.3) is 5.91 Å². The number of primary amides is 1. The van der Waals surface area contributed by atoms with E-state index in [9.17, 15) is 13.6 Å². The molecule has 0 bridgehead atoms. The van der Waals surface area contributed by atoms with Crippen molar-refractivity contribution >= 4 is 17.5 Å². The Kier molecular flexibility index (Phi) is 8.74. The summed E-state index contributed by atoms with van der Waals surface area (Å²) < 4.78 is 44.4. The third-order valence-electron chi connectivity index (χ3n) is 7.18. The minimum absolute atomic E-state index is 0.259. The van der Waals surface area contributed by atoms with Crippen molar-refractivity contribution in [2.45, 2.75) is 44.1 Å². The summed E-state index contributed by atoms with van der Waals surface area (Å²) in [6.07, 6.45) is 3.77. The van der Waals surface area contributed by atoms with Gasteiger partial charge in [-0.3, -0.25) is 4.79 Å². The van der Waals surface area contributed by atoms with Crippen LogP contribution in [0, 0.1) is 11.6 Å². The average molecular weight is 578 g/mol. The molecule has 0 saturated carbocycles. The zero-order chi connectivity index (χ0) is 28.8. The average Bonchev–Trinajstić information content (AvgIpc) is 2.96. The number of carbonyl (C=O) groups excluding carboxylic acids is 1. The van der Waals surface area contributed by atoms with Crippen LogP contribution < -0.4 is 19.9 Å². The molecule has 41 heavy (non-hydrogen) atoms. The Morgan fingerprint density at radius 2 is 1.56 bits per heavy atom. The number of rotatable bonds is 11. The van der Waals surface area contributed by atoms with Crippen LogP contribution >= 0.6 is 11.6 Å². The number of ether oxygens (including phenoxy) is 3. The van der Waals surface area contributed by atoms with Gasteiger partial charge in [-0.25, -0.2) is 8.78 Å². The minimum Gasteiger partial charge on any atom is -0.493 e. The molecule has 0 fully saturated rings. The lowest BCUT2D eigenvalue weighted by Gasteiger charge is -2.36. The third kappa shape index (κ3) is 7.16. The summed E-state index contributed by atoms with van der Waals surface area (Å²) in [5.74, 6) is 1.13. The number of hydrogen-bond donors (Lipinski definition) is 1. The summed E-state index contributed by atoms with van der Waals surface area (Å²) in [5, 5.41) is 0.607. The number of nitrogens with two attached hydrogens (primary N) is 1. The first kappa shape index (κ1) is 28.4. The van der Waals surface area contributed by atoms with Gasteiger partial charge in [0.2, 0.25) is 0 Å². The maximum atomic E-state index is 13.4. The van der Waals surface area contributed by atoms with Crippen molar-refractivity contribution in [1.82, 2.24) is 0 Å². The van der Waals surface area contributed by atoms with Crippen LogP contribution in [0.1, 0.15) is 36.0 Å². The molecule has 5 rings (SSSR count). The van der Waals surface area contributed by atoms with E-state index in [1.807, 2.05) is 24.3 Å². The molecule has 1 amide bonds. The number of halogens is 3. The summed E-state index contributed by atoms with van der Waals surface area (Å²) in [4.78, 5) is 12.5. The second kappa shape index (κ2) is 12.6. The van der Waals surface area contributed by atoms with Crippen LogP contribution in [0.5, 0.6) is 23.0 Å². The van der Waals surface area contributed by atoms with Crippen molar-refractivity contribution in [2.75, 3.05) is 6.61 Å². The Balaban J connectivity index is 1.13. The van der Waals surface area contributed by atoms with Crippen LogP contribution in [0.25, 0.3) is 0 Å². The number of amides is 1. The molecule has 0 radical (unpaired) electrons. The van der Waals surface area contributed by atoms with Crippen LogP contribution in [-0.4, -0.2) is 18.1 Å². The lowest BCUT2D eigenvalue weighted by atomic mass is 9.85. The van der Waals surface area contributed by atoms with Gasteiger partial charge in [0.15, 0.2) is 5.60 Å². The highest BCUT2D eigenvalue weighted by molar-refractivity contribution is 6.31. The first-order valence-corrected chi connectivity index (χ1v) is 13.9. The predicted octanol–water partition coefficient (Wildman–Crippen LogP) is 7.60. The second-order valence-corrected chi connectivity index (χ2v) is 10.6. The monoisotopic (exact) mass is 577 g/mol. The van der Waals surface area contributed by atoms with E-state index in [-0.39, 0.29) is 18.1 Å². The molecule has 4 aromatic rings. The summed E-state index contributed by atoms with van der Waals surface area (Å²) in [7, 11) is 0. The Labute approximate surface area is 242 Å². The fourth-order valence-corrected chi connectivity index (χ4v) is 5.15. The molecule has 212 valence electrons. The molecule has 0 aliphatic carbocycles. The van der Waals surface area contributed by atoms with Crippen LogP contribution in [0.4, 0.5) is 8.78 Å². The lowest BCUT2D eigenvalue weighted by Crippen LogP contribution is -2.52. The quantitative estimate of drug-likeness (QED) is 0.186. The first-order chi connectivity index (χ1) is 19.8. The van der Waals surface area contributed by atoms with Gasteiger partial charge in [0.1, 0.15) is 34.6 Å². The number of hydrogen-bond acceptors (Lipinski definition) is 4. The highest BCUT2D eigenvalue weighted by Crippen LogP contribution is 2.38. The molecule has 1 aliphatic heterocycles. The summed E-state index contributed by atoms with van der Waals surface area (Å²) >= 11 is 6.47. The molecule has 0 aromatic heterocycles. The largest absolute Gasteiger partial charge is 0.493 e. The molecule has 2 N–H and O–H groups in total. The molecule has 1 heterocycles. The number of benzene rings is 4. The highest BCUT2D eigenvalue weighted by atomic mass is 35.5. The van der Waals surface area contributed by atoms with Gasteiger partial charge in [0.05, 0.1) is 6.61 Å². The SMILES string of the molecule is NC(=O)C1(Cc2ccc(F)cc2)CCc2ccc(OCCCCc3ccc(Oc4ccc(F)cc4)cc3Cl)cc2O1. The van der Waals surface area contributed by atoms with E-state index in [1.165, 1.54) is 24.3 Å². The topological polar surface area (TPSA) is 70.8 Å². The molecule has 4 aromatic carbocycles. The van der Waals surface area contributed by atoms with Crippen molar-refractivity contribution in [3.63, 3.8) is 0 Å². The Morgan fingerprint density at radius 1 is 0.878 bits per heavy atom. The maximum Gasteiger partial charge on any atom is 0.261 e. The van der Waals surface area contributed by atoms with Crippen molar-refractivity contribution in [2.24, 2.45) is 5.73 Å². The van der Waals surface area contributed by atoms with Gasteiger partial charge in [-0.2, -0.15) is 0 Å². The number of unbranched alkanes of at least 4 members (excludes halogenated alkanes) is 1. The Bertz CT molecular complexity index is 1510. The molecule has 1 unspecified atom stereocenters. The number of carbonyl (C=O) groups is 1. The van der Waals surface area contributed by atoms with E-state index in [2.05, 4.69) is 0 Å². The zero-order valence-electron chi connectivity index (χ0n) is 22.4. The van der Waals surface area contributed by atoms with Crippen molar-refractivity contribution < 1.29 is 27.8 Å². The van der Waals surface area contributed by atoms with E-state index in [0.717, 1.165) is 36.0 Å². The van der Waals surface area contributed by atoms with Gasteiger partial charge in [-0.05, 0) is 97.0 Å². The summed E-state index contributed by atoms with van der Waals surface area (Å²) in [6, 6.07) is 23.0. The highest BCUT2D eigenvalue weighted by Gasteiger charge is 2.42. The van der Waals surface area contributed by atoms with E-state index in [4.69, 9.17) is 31.5 Å². The van der Waals surface area contributed by atoms with E-state index in [0.29, 0.717) is 47.5 Å². The smallest absolute Gasteiger partial charge is 0.261 e. The third-order valence-corrected chi connectivity index (χ3v) is 7.53. The lowest BCUT2D eigenvalue weighted by molar-refractivity contribution is -0.135. The Hall–Kier alpha value is -4.10. The van der Waals surface area contributed by atoms with Gasteiger partial charge in [0, 0.05) is 23.9 Å². The molecule has 5 nitrogen and oxygen atoms in total. The minimum atomic E-state index is -1.21. The van der Waals surface area contributed by atoms with Crippen LogP contribution in [0.15, 0.2) is 84.9 Å². The normalized spacial score (nSPS) is 16.0. The van der Waals surface area contributed by atoms with E-state index in [1.54, 1.807) is 36.4 Å². The van der Waals surface area contributed by atoms with Crippen molar-refractivity contribution in [1.29, 1.82) is 0 Å². The molecule has 1 atom stereocenters. The van der Waals surface area contributed by atoms with Crippen LogP contribution in [-0.2, 0) is 24.1 Å². The molecule has 0 saturated heterocycles. The maximum absolute atomic E-state index is 13.4. The fourth-order valence-electron chi connectivity index (χ4n) is 4.88. The van der Waals surface area contributed by atoms with Crippen LogP contribution in [0.3, 0.4) is 0 Å². The van der Waals surface area contributed by atoms with Gasteiger partial charge >= 0.3 is 0 Å². The molecular formula is C33H30ClF2NO4. The number of aryl methyl sites for hydroxylation is 2. The van der Waals surface area contributed by atoms with E-state index >= 15 is 0 Å². The standard InChI is InChI=1S/C33H30ClF2NO4/c34-30-19-29(40-27-14-10-26(36)11-15-27)13-6-23(30)3-1-2-18-39-28-12-7-24-16-17-33(32(37)38,41-31(24)20-28)21-22-4-8-25(35)9-5-22/h4-15,19-20H,1-3,16-18,21H2,(H2,37,38). The summed E-state index contributed by atoms with van der Waals surface area (Å²) in [6.45, 7) is 0.499. The van der Waals surface area contributed by atoms with Gasteiger partial charge < -0.3 is 19.9 Å². The summed E-state index contributed by atoms with van der Waals surface area (Å²) in [5.41, 5.74) is 7.35. The molecule has 8 heteroatoms. The van der Waals surface area contributed by atoms with Crippen molar-refractivity contribution in [3.8, 4) is 23.0 Å². The van der Waals surface area contributed by atoms with E-state index < -0.39 is 11.5 Å². The number of fused-ring (bicyclic) bond motifs is 1. The molecule has 1 aliphatic rings. The van der Waals surface area contributed by atoms with Gasteiger partial charge in [-0.15, -0.1) is 0 Å². The second-order valence-electron chi connectivity index (χ2n) is 10.1. The zero-order valence-corrected chi connectivity index (χ0v) is 23.1. The first-order valence-electron chi connectivity index (χ1n) is 13.5. The van der Waals surface area contributed by atoms with Gasteiger partial charge in [-0.1, -0.05) is 35.9 Å². The Morgan fingerprint density at radius 3 is 2.27 bits per heavy atom. The fraction of sp³-hybridized carbons (Fsp3) is 0.242. The predicted molar refractivity (Wildman–Crippen MR) is 154 cm³/mol. The van der Waals surface area contributed by atoms with Crippen LogP contribution in [0.2, 0.25) is 5.02 Å². The molecule has 0 spiro atoms.